The molecule has 1 heterocycles. The molecule has 0 saturated heterocycles. The minimum atomic E-state index is 0.609. The number of hydrogen-bond donors (Lipinski definition) is 0. The van der Waals surface area contributed by atoms with Gasteiger partial charge in [0.25, 0.3) is 0 Å². The van der Waals surface area contributed by atoms with E-state index in [1.165, 1.54) is 19.3 Å². The minimum absolute atomic E-state index is 0.609. The molecule has 0 unspecified atom stereocenters. The maximum absolute atomic E-state index is 6.18. The number of rotatable bonds is 6. The van der Waals surface area contributed by atoms with Crippen molar-refractivity contribution in [2.24, 2.45) is 5.92 Å². The molecule has 18 heavy (non-hydrogen) atoms. The van der Waals surface area contributed by atoms with Crippen molar-refractivity contribution < 1.29 is 0 Å². The Morgan fingerprint density at radius 2 is 2.11 bits per heavy atom. The van der Waals surface area contributed by atoms with Gasteiger partial charge in [-0.2, -0.15) is 0 Å². The van der Waals surface area contributed by atoms with Gasteiger partial charge in [0.2, 0.25) is 0 Å². The van der Waals surface area contributed by atoms with Crippen LogP contribution in [0.3, 0.4) is 0 Å². The quantitative estimate of drug-likeness (QED) is 0.736. The summed E-state index contributed by atoms with van der Waals surface area (Å²) < 4.78 is 0. The SMILES string of the molecule is CCc1c(Cl)ncnc1N(CCC(C)C)C1CC1. The molecular weight excluding hydrogens is 246 g/mol. The van der Waals surface area contributed by atoms with E-state index in [2.05, 4.69) is 35.6 Å². The van der Waals surface area contributed by atoms with Crippen molar-refractivity contribution in [3.05, 3.63) is 17.0 Å². The van der Waals surface area contributed by atoms with Gasteiger partial charge in [-0.05, 0) is 31.6 Å². The smallest absolute Gasteiger partial charge is 0.137 e. The summed E-state index contributed by atoms with van der Waals surface area (Å²) in [5, 5.41) is 0.609. The van der Waals surface area contributed by atoms with Crippen LogP contribution >= 0.6 is 11.6 Å². The fourth-order valence-corrected chi connectivity index (χ4v) is 2.44. The van der Waals surface area contributed by atoms with Crippen molar-refractivity contribution in [1.82, 2.24) is 9.97 Å². The molecule has 0 atom stereocenters. The molecular formula is C14H22ClN3. The molecule has 0 bridgehead atoms. The standard InChI is InChI=1S/C14H22ClN3/c1-4-12-13(15)16-9-17-14(12)18(11-5-6-11)8-7-10(2)3/h9-11H,4-8H2,1-3H3. The third-order valence-electron chi connectivity index (χ3n) is 3.43. The molecule has 1 aromatic heterocycles. The first kappa shape index (κ1) is 13.6. The first-order valence-corrected chi connectivity index (χ1v) is 7.27. The summed E-state index contributed by atoms with van der Waals surface area (Å²) in [6, 6.07) is 0.667. The van der Waals surface area contributed by atoms with Crippen LogP contribution < -0.4 is 4.90 Å². The monoisotopic (exact) mass is 267 g/mol. The van der Waals surface area contributed by atoms with Gasteiger partial charge in [-0.15, -0.1) is 0 Å². The summed E-state index contributed by atoms with van der Waals surface area (Å²) in [5.41, 5.74) is 1.09. The normalized spacial score (nSPS) is 15.2. The highest BCUT2D eigenvalue weighted by Gasteiger charge is 2.31. The fourth-order valence-electron chi connectivity index (χ4n) is 2.18. The molecule has 1 aliphatic rings. The Hall–Kier alpha value is -0.830. The lowest BCUT2D eigenvalue weighted by Gasteiger charge is -2.26. The van der Waals surface area contributed by atoms with Crippen molar-refractivity contribution in [3.63, 3.8) is 0 Å². The van der Waals surface area contributed by atoms with E-state index in [9.17, 15) is 0 Å². The van der Waals surface area contributed by atoms with Crippen LogP contribution in [0.4, 0.5) is 5.82 Å². The van der Waals surface area contributed by atoms with E-state index in [0.717, 1.165) is 24.3 Å². The largest absolute Gasteiger partial charge is 0.353 e. The zero-order valence-corrected chi connectivity index (χ0v) is 12.2. The third kappa shape index (κ3) is 3.14. The van der Waals surface area contributed by atoms with E-state index in [-0.39, 0.29) is 0 Å². The lowest BCUT2D eigenvalue weighted by Crippen LogP contribution is -2.29. The van der Waals surface area contributed by atoms with Crippen LogP contribution in [-0.2, 0) is 6.42 Å². The molecule has 0 aromatic carbocycles. The van der Waals surface area contributed by atoms with E-state index in [1.807, 2.05) is 0 Å². The molecule has 0 N–H and O–H groups in total. The van der Waals surface area contributed by atoms with E-state index in [4.69, 9.17) is 11.6 Å². The predicted molar refractivity (Wildman–Crippen MR) is 76.2 cm³/mol. The highest BCUT2D eigenvalue weighted by molar-refractivity contribution is 6.30. The Kier molecular flexibility index (Phi) is 4.44. The number of hydrogen-bond acceptors (Lipinski definition) is 3. The fraction of sp³-hybridized carbons (Fsp3) is 0.714. The van der Waals surface area contributed by atoms with Crippen molar-refractivity contribution >= 4 is 17.4 Å². The molecule has 2 rings (SSSR count). The van der Waals surface area contributed by atoms with Crippen LogP contribution in [0.25, 0.3) is 0 Å². The molecule has 100 valence electrons. The van der Waals surface area contributed by atoms with E-state index < -0.39 is 0 Å². The van der Waals surface area contributed by atoms with Gasteiger partial charge in [0.15, 0.2) is 0 Å². The summed E-state index contributed by atoms with van der Waals surface area (Å²) in [4.78, 5) is 11.0. The van der Waals surface area contributed by atoms with Gasteiger partial charge in [0.05, 0.1) is 0 Å². The number of nitrogens with zero attached hydrogens (tertiary/aromatic N) is 3. The molecule has 1 aliphatic carbocycles. The van der Waals surface area contributed by atoms with Crippen LogP contribution in [-0.4, -0.2) is 22.6 Å². The summed E-state index contributed by atoms with van der Waals surface area (Å²) in [7, 11) is 0. The molecule has 0 spiro atoms. The lowest BCUT2D eigenvalue weighted by molar-refractivity contribution is 0.567. The first-order valence-electron chi connectivity index (χ1n) is 6.89. The van der Waals surface area contributed by atoms with Gasteiger partial charge in [0.1, 0.15) is 17.3 Å². The Morgan fingerprint density at radius 1 is 1.39 bits per heavy atom. The van der Waals surface area contributed by atoms with Gasteiger partial charge in [-0.25, -0.2) is 9.97 Å². The van der Waals surface area contributed by atoms with Crippen molar-refractivity contribution in [2.75, 3.05) is 11.4 Å². The third-order valence-corrected chi connectivity index (χ3v) is 3.76. The molecule has 0 aliphatic heterocycles. The van der Waals surface area contributed by atoms with Crippen molar-refractivity contribution in [2.45, 2.75) is 52.5 Å². The maximum Gasteiger partial charge on any atom is 0.137 e. The molecule has 1 aromatic rings. The Balaban J connectivity index is 2.22. The van der Waals surface area contributed by atoms with E-state index in [0.29, 0.717) is 17.1 Å². The van der Waals surface area contributed by atoms with Crippen molar-refractivity contribution in [1.29, 1.82) is 0 Å². The molecule has 0 amide bonds. The first-order chi connectivity index (χ1) is 8.63. The van der Waals surface area contributed by atoms with Crippen LogP contribution in [0, 0.1) is 5.92 Å². The van der Waals surface area contributed by atoms with E-state index in [1.54, 1.807) is 6.33 Å². The average molecular weight is 268 g/mol. The molecule has 4 heteroatoms. The van der Waals surface area contributed by atoms with Gasteiger partial charge >= 0.3 is 0 Å². The number of aromatic nitrogens is 2. The predicted octanol–water partition coefficient (Wildman–Crippen LogP) is 3.71. The van der Waals surface area contributed by atoms with Gasteiger partial charge in [0, 0.05) is 18.2 Å². The number of halogens is 1. The Labute approximate surface area is 115 Å². The summed E-state index contributed by atoms with van der Waals surface area (Å²) >= 11 is 6.18. The second-order valence-electron chi connectivity index (χ2n) is 5.43. The highest BCUT2D eigenvalue weighted by atomic mass is 35.5. The Bertz CT molecular complexity index is 402. The van der Waals surface area contributed by atoms with Crippen molar-refractivity contribution in [3.8, 4) is 0 Å². The van der Waals surface area contributed by atoms with Gasteiger partial charge in [-0.1, -0.05) is 32.4 Å². The molecule has 1 fully saturated rings. The van der Waals surface area contributed by atoms with E-state index >= 15 is 0 Å². The second kappa shape index (κ2) is 5.87. The van der Waals surface area contributed by atoms with Crippen LogP contribution in [0.15, 0.2) is 6.33 Å². The molecule has 0 radical (unpaired) electrons. The highest BCUT2D eigenvalue weighted by Crippen LogP contribution is 2.34. The van der Waals surface area contributed by atoms with Gasteiger partial charge in [-0.3, -0.25) is 0 Å². The maximum atomic E-state index is 6.18. The lowest BCUT2D eigenvalue weighted by atomic mass is 10.1. The zero-order valence-electron chi connectivity index (χ0n) is 11.5. The van der Waals surface area contributed by atoms with Gasteiger partial charge < -0.3 is 4.90 Å². The van der Waals surface area contributed by atoms with Crippen LogP contribution in [0.2, 0.25) is 5.15 Å². The molecule has 1 saturated carbocycles. The van der Waals surface area contributed by atoms with Crippen LogP contribution in [0.5, 0.6) is 0 Å². The summed E-state index contributed by atoms with van der Waals surface area (Å²) in [6.07, 6.45) is 6.23. The average Bonchev–Trinajstić information content (AvgIpc) is 3.13. The number of anilines is 1. The molecule has 3 nitrogen and oxygen atoms in total. The second-order valence-corrected chi connectivity index (χ2v) is 5.79. The summed E-state index contributed by atoms with van der Waals surface area (Å²) in [5.74, 6) is 1.77. The van der Waals surface area contributed by atoms with Crippen LogP contribution in [0.1, 0.15) is 45.6 Å². The topological polar surface area (TPSA) is 29.0 Å². The summed E-state index contributed by atoms with van der Waals surface area (Å²) in [6.45, 7) is 7.71. The minimum Gasteiger partial charge on any atom is -0.353 e. The zero-order chi connectivity index (χ0) is 13.1. The Morgan fingerprint density at radius 3 is 2.67 bits per heavy atom.